The molecule has 1 saturated heterocycles. The maximum Gasteiger partial charge on any atom is 0.475 e. The molecular formula is C31H43BN4O7. The van der Waals surface area contributed by atoms with E-state index in [4.69, 9.17) is 9.39 Å². The molecule has 1 fully saturated rings. The molecule has 0 radical (unpaired) electrons. The van der Waals surface area contributed by atoms with Crippen LogP contribution in [0.5, 0.6) is 0 Å². The Labute approximate surface area is 253 Å². The number of amides is 2. The molecule has 1 aliphatic heterocycles. The van der Waals surface area contributed by atoms with Crippen LogP contribution < -0.4 is 10.6 Å². The number of nitrogens with zero attached hydrogens (tertiary/aromatic N) is 2. The van der Waals surface area contributed by atoms with Gasteiger partial charge in [0.1, 0.15) is 11.7 Å². The Morgan fingerprint density at radius 1 is 1.07 bits per heavy atom. The highest BCUT2D eigenvalue weighted by molar-refractivity contribution is 6.55. The number of esters is 1. The normalized spacial score (nSPS) is 18.0. The van der Waals surface area contributed by atoms with E-state index in [1.807, 2.05) is 44.2 Å². The average molecular weight is 595 g/mol. The Hall–Kier alpha value is -3.77. The second-order valence-electron chi connectivity index (χ2n) is 11.6. The number of aromatic nitrogens is 1. The lowest BCUT2D eigenvalue weighted by Crippen LogP contribution is -2.60. The van der Waals surface area contributed by atoms with Crippen LogP contribution in [0.3, 0.4) is 0 Å². The van der Waals surface area contributed by atoms with E-state index in [0.29, 0.717) is 31.4 Å². The Bertz CT molecular complexity index is 1260. The van der Waals surface area contributed by atoms with Crippen molar-refractivity contribution in [2.45, 2.75) is 77.5 Å². The van der Waals surface area contributed by atoms with Crippen molar-refractivity contribution in [3.8, 4) is 11.3 Å². The van der Waals surface area contributed by atoms with Gasteiger partial charge in [0, 0.05) is 5.56 Å². The number of carbonyl (C=O) groups excluding carboxylic acids is 4. The van der Waals surface area contributed by atoms with Gasteiger partial charge in [0.15, 0.2) is 0 Å². The Kier molecular flexibility index (Phi) is 12.3. The average Bonchev–Trinajstić information content (AvgIpc) is 3.27. The second-order valence-corrected chi connectivity index (χ2v) is 11.6. The lowest BCUT2D eigenvalue weighted by atomic mass is 9.67. The summed E-state index contributed by atoms with van der Waals surface area (Å²) in [5.74, 6) is -2.64. The quantitative estimate of drug-likeness (QED) is 0.222. The van der Waals surface area contributed by atoms with Crippen LogP contribution in [-0.4, -0.2) is 84.0 Å². The maximum absolute atomic E-state index is 13.5. The van der Waals surface area contributed by atoms with Crippen LogP contribution >= 0.6 is 0 Å². The fraction of sp³-hybridized carbons (Fsp3) is 0.516. The molecule has 12 heteroatoms. The molecule has 2 aromatic rings. The number of carbonyl (C=O) groups is 4. The highest BCUT2D eigenvalue weighted by Crippen LogP contribution is 2.24. The number of methoxy groups -OCH3 is 1. The van der Waals surface area contributed by atoms with Gasteiger partial charge in [-0.15, -0.1) is 0 Å². The predicted octanol–water partition coefficient (Wildman–Crippen LogP) is 2.62. The number of pyridine rings is 1. The third kappa shape index (κ3) is 9.11. The SMILES string of the molecule is COC(=O)[C@H](C)CCC[C@H]1C(=O)OB([C@H](CC(C)C)NC(=O)[C@@H](NC(=O)c2cccc(-c3ccccc3)n2)[C@@H](C)O)N1C. The van der Waals surface area contributed by atoms with Crippen molar-refractivity contribution in [2.75, 3.05) is 14.2 Å². The van der Waals surface area contributed by atoms with Crippen LogP contribution in [0.25, 0.3) is 11.3 Å². The van der Waals surface area contributed by atoms with E-state index in [1.165, 1.54) is 14.0 Å². The minimum Gasteiger partial charge on any atom is -0.517 e. The van der Waals surface area contributed by atoms with Crippen LogP contribution in [0.1, 0.15) is 63.9 Å². The monoisotopic (exact) mass is 594 g/mol. The lowest BCUT2D eigenvalue weighted by Gasteiger charge is -2.29. The van der Waals surface area contributed by atoms with Crippen molar-refractivity contribution < 1.29 is 33.7 Å². The number of hydrogen-bond acceptors (Lipinski definition) is 9. The fourth-order valence-corrected chi connectivity index (χ4v) is 5.23. The molecule has 1 aliphatic rings. The number of nitrogens with one attached hydrogen (secondary N) is 2. The summed E-state index contributed by atoms with van der Waals surface area (Å²) in [6.07, 6.45) is 0.941. The second kappa shape index (κ2) is 15.6. The topological polar surface area (TPSA) is 147 Å². The van der Waals surface area contributed by atoms with E-state index in [1.54, 1.807) is 37.0 Å². The lowest BCUT2D eigenvalue weighted by molar-refractivity contribution is -0.145. The van der Waals surface area contributed by atoms with Gasteiger partial charge < -0.3 is 25.1 Å². The molecule has 2 amide bonds. The molecule has 1 aromatic carbocycles. The molecule has 11 nitrogen and oxygen atoms in total. The Morgan fingerprint density at radius 2 is 1.77 bits per heavy atom. The van der Waals surface area contributed by atoms with Gasteiger partial charge in [0.25, 0.3) is 5.91 Å². The maximum atomic E-state index is 13.5. The van der Waals surface area contributed by atoms with Crippen LogP contribution in [0.15, 0.2) is 48.5 Å². The van der Waals surface area contributed by atoms with Gasteiger partial charge in [-0.1, -0.05) is 63.6 Å². The fourth-order valence-electron chi connectivity index (χ4n) is 5.23. The van der Waals surface area contributed by atoms with Crippen LogP contribution in [0, 0.1) is 11.8 Å². The van der Waals surface area contributed by atoms with Crippen molar-refractivity contribution in [3.05, 3.63) is 54.2 Å². The van der Waals surface area contributed by atoms with Gasteiger partial charge >= 0.3 is 19.0 Å². The third-order valence-electron chi connectivity index (χ3n) is 7.62. The molecule has 0 spiro atoms. The zero-order chi connectivity index (χ0) is 31.7. The number of hydrogen-bond donors (Lipinski definition) is 3. The minimum atomic E-state index is -1.28. The standard InChI is InChI=1S/C31H43BN4O7/c1-19(2)18-26(32-36(5)25(31(41)43-32)17-10-12-20(3)30(40)42-6)34-29(39)27(21(4)37)35-28(38)24-16-11-15-23(33-24)22-13-8-7-9-14-22/h7-9,11,13-16,19-21,25-27,37H,10,12,17-18H2,1-6H3,(H,34,39)(H,35,38)/t20-,21-,25+,26+,27+/m1/s1. The summed E-state index contributed by atoms with van der Waals surface area (Å²) in [6, 6.07) is 12.6. The largest absolute Gasteiger partial charge is 0.517 e. The van der Waals surface area contributed by atoms with E-state index >= 15 is 0 Å². The van der Waals surface area contributed by atoms with Crippen molar-refractivity contribution in [2.24, 2.45) is 11.8 Å². The highest BCUT2D eigenvalue weighted by Gasteiger charge is 2.49. The number of benzene rings is 1. The third-order valence-corrected chi connectivity index (χ3v) is 7.62. The van der Waals surface area contributed by atoms with Crippen LogP contribution in [-0.2, 0) is 23.8 Å². The molecular weight excluding hydrogens is 551 g/mol. The zero-order valence-corrected chi connectivity index (χ0v) is 25.8. The first-order chi connectivity index (χ1) is 20.4. The van der Waals surface area contributed by atoms with Gasteiger partial charge in [-0.25, -0.2) is 4.98 Å². The van der Waals surface area contributed by atoms with Gasteiger partial charge in [-0.2, -0.15) is 0 Å². The first kappa shape index (κ1) is 33.7. The Morgan fingerprint density at radius 3 is 2.40 bits per heavy atom. The molecule has 5 atom stereocenters. The van der Waals surface area contributed by atoms with Crippen molar-refractivity contribution in [1.29, 1.82) is 0 Å². The van der Waals surface area contributed by atoms with Gasteiger partial charge in [-0.05, 0) is 51.3 Å². The number of aliphatic hydroxyl groups excluding tert-OH is 1. The van der Waals surface area contributed by atoms with E-state index < -0.39 is 49.0 Å². The molecule has 3 rings (SSSR count). The van der Waals surface area contributed by atoms with E-state index in [2.05, 4.69) is 15.6 Å². The summed E-state index contributed by atoms with van der Waals surface area (Å²) >= 11 is 0. The molecule has 2 heterocycles. The highest BCUT2D eigenvalue weighted by atomic mass is 16.5. The molecule has 1 aromatic heterocycles. The Balaban J connectivity index is 1.70. The predicted molar refractivity (Wildman–Crippen MR) is 162 cm³/mol. The van der Waals surface area contributed by atoms with Gasteiger partial charge in [0.05, 0.1) is 36.8 Å². The van der Waals surface area contributed by atoms with E-state index in [-0.39, 0.29) is 23.5 Å². The van der Waals surface area contributed by atoms with E-state index in [9.17, 15) is 24.3 Å². The smallest absolute Gasteiger partial charge is 0.475 e. The zero-order valence-electron chi connectivity index (χ0n) is 25.8. The van der Waals surface area contributed by atoms with Gasteiger partial charge in [0.2, 0.25) is 5.91 Å². The first-order valence-electron chi connectivity index (χ1n) is 14.7. The molecule has 0 bridgehead atoms. The van der Waals surface area contributed by atoms with Crippen molar-refractivity contribution >= 4 is 30.8 Å². The summed E-state index contributed by atoms with van der Waals surface area (Å²) in [4.78, 5) is 57.4. The molecule has 43 heavy (non-hydrogen) atoms. The number of likely N-dealkylation sites (N-methyl/N-ethyl adjacent to an activating group) is 1. The molecule has 0 saturated carbocycles. The molecule has 232 valence electrons. The minimum absolute atomic E-state index is 0.104. The number of ether oxygens (including phenoxy) is 1. The number of aliphatic hydroxyl groups is 1. The molecule has 0 aliphatic carbocycles. The molecule has 0 unspecified atom stereocenters. The summed E-state index contributed by atoms with van der Waals surface area (Å²) in [5.41, 5.74) is 1.54. The van der Waals surface area contributed by atoms with Crippen molar-refractivity contribution in [3.63, 3.8) is 0 Å². The summed E-state index contributed by atoms with van der Waals surface area (Å²) in [6.45, 7) is 7.18. The summed E-state index contributed by atoms with van der Waals surface area (Å²) < 4.78 is 10.5. The van der Waals surface area contributed by atoms with Crippen LogP contribution in [0.4, 0.5) is 0 Å². The van der Waals surface area contributed by atoms with Gasteiger partial charge in [-0.3, -0.25) is 24.0 Å². The summed E-state index contributed by atoms with van der Waals surface area (Å²) in [5, 5.41) is 16.0. The first-order valence-corrected chi connectivity index (χ1v) is 14.7. The van der Waals surface area contributed by atoms with Crippen molar-refractivity contribution in [1.82, 2.24) is 20.4 Å². The summed E-state index contributed by atoms with van der Waals surface area (Å²) in [7, 11) is 2.38. The van der Waals surface area contributed by atoms with Crippen LogP contribution in [0.2, 0.25) is 0 Å². The molecule has 3 N–H and O–H groups in total. The van der Waals surface area contributed by atoms with E-state index in [0.717, 1.165) is 5.56 Å². The number of rotatable bonds is 14.